The number of hydrogen-bond acceptors (Lipinski definition) is 7. The quantitative estimate of drug-likeness (QED) is 0.569. The van der Waals surface area contributed by atoms with E-state index >= 15 is 0 Å². The zero-order valence-corrected chi connectivity index (χ0v) is 12.5. The van der Waals surface area contributed by atoms with Crippen LogP contribution >= 0.6 is 0 Å². The summed E-state index contributed by atoms with van der Waals surface area (Å²) in [6.45, 7) is 0.252. The van der Waals surface area contributed by atoms with Gasteiger partial charge in [-0.15, -0.1) is 5.10 Å². The molecule has 0 unspecified atom stereocenters. The van der Waals surface area contributed by atoms with E-state index in [1.54, 1.807) is 19.4 Å². The summed E-state index contributed by atoms with van der Waals surface area (Å²) in [6.07, 6.45) is 4.36. The summed E-state index contributed by atoms with van der Waals surface area (Å²) in [6, 6.07) is 3.69. The second-order valence-corrected chi connectivity index (χ2v) is 4.96. The molecule has 24 heavy (non-hydrogen) atoms. The van der Waals surface area contributed by atoms with Gasteiger partial charge in [-0.2, -0.15) is 19.9 Å². The van der Waals surface area contributed by atoms with Crippen molar-refractivity contribution in [1.82, 2.24) is 34.3 Å². The molecule has 4 aromatic heterocycles. The van der Waals surface area contributed by atoms with Crippen LogP contribution in [0.1, 0.15) is 11.4 Å². The van der Waals surface area contributed by atoms with Crippen molar-refractivity contribution in [1.29, 1.82) is 5.26 Å². The maximum absolute atomic E-state index is 12.8. The van der Waals surface area contributed by atoms with Crippen molar-refractivity contribution >= 4 is 16.7 Å². The first-order valence-electron chi connectivity index (χ1n) is 6.91. The van der Waals surface area contributed by atoms with Crippen LogP contribution in [-0.2, 0) is 11.3 Å². The summed E-state index contributed by atoms with van der Waals surface area (Å²) >= 11 is 0. The van der Waals surface area contributed by atoms with Crippen molar-refractivity contribution in [2.24, 2.45) is 0 Å². The van der Waals surface area contributed by atoms with Gasteiger partial charge < -0.3 is 4.74 Å². The Bertz CT molecular complexity index is 1160. The molecule has 4 aromatic rings. The van der Waals surface area contributed by atoms with Gasteiger partial charge in [0.25, 0.3) is 11.3 Å². The number of hydrogen-bond donors (Lipinski definition) is 1. The Labute approximate surface area is 134 Å². The minimum absolute atomic E-state index is 0.252. The molecule has 0 aromatic carbocycles. The molecule has 0 amide bonds. The minimum atomic E-state index is -0.341. The van der Waals surface area contributed by atoms with Crippen molar-refractivity contribution < 1.29 is 4.74 Å². The number of fused-ring (bicyclic) bond motifs is 3. The Morgan fingerprint density at radius 2 is 2.29 bits per heavy atom. The van der Waals surface area contributed by atoms with E-state index in [0.29, 0.717) is 28.3 Å². The van der Waals surface area contributed by atoms with E-state index in [-0.39, 0.29) is 17.7 Å². The Morgan fingerprint density at radius 3 is 3.08 bits per heavy atom. The van der Waals surface area contributed by atoms with Crippen molar-refractivity contribution in [3.8, 4) is 11.9 Å². The van der Waals surface area contributed by atoms with Crippen LogP contribution in [0.25, 0.3) is 22.5 Å². The van der Waals surface area contributed by atoms with Crippen LogP contribution in [0.3, 0.4) is 0 Å². The second kappa shape index (κ2) is 5.25. The topological polar surface area (TPSA) is 127 Å². The number of nitrogens with zero attached hydrogens (tertiary/aromatic N) is 7. The lowest BCUT2D eigenvalue weighted by molar-refractivity contribution is 0.178. The molecule has 0 aliphatic heterocycles. The molecule has 0 radical (unpaired) electrons. The lowest BCUT2D eigenvalue weighted by Crippen LogP contribution is -2.20. The summed E-state index contributed by atoms with van der Waals surface area (Å²) < 4.78 is 7.82. The summed E-state index contributed by atoms with van der Waals surface area (Å²) in [5.74, 6) is 1.16. The predicted octanol–water partition coefficient (Wildman–Crippen LogP) is 0.170. The SMILES string of the molecule is COCc1nc2ncc3c(=O)n(-c4[nH]ncc4C#N)ccc3n2n1. The fourth-order valence-electron chi connectivity index (χ4n) is 2.47. The number of aromatic amines is 1. The first kappa shape index (κ1) is 14.0. The lowest BCUT2D eigenvalue weighted by Gasteiger charge is -2.05. The van der Waals surface area contributed by atoms with Crippen LogP contribution < -0.4 is 5.56 Å². The molecule has 10 heteroatoms. The maximum atomic E-state index is 12.8. The van der Waals surface area contributed by atoms with Gasteiger partial charge in [-0.3, -0.25) is 14.5 Å². The Morgan fingerprint density at radius 1 is 1.42 bits per heavy atom. The fraction of sp³-hybridized carbons (Fsp3) is 0.143. The molecular formula is C14H10N8O2. The van der Waals surface area contributed by atoms with Crippen LogP contribution in [-0.4, -0.2) is 41.5 Å². The average Bonchev–Trinajstić information content (AvgIpc) is 3.21. The number of ether oxygens (including phenoxy) is 1. The third kappa shape index (κ3) is 1.96. The minimum Gasteiger partial charge on any atom is -0.377 e. The molecule has 4 heterocycles. The molecule has 1 N–H and O–H groups in total. The van der Waals surface area contributed by atoms with Crippen LogP contribution in [0.4, 0.5) is 0 Å². The van der Waals surface area contributed by atoms with Crippen molar-refractivity contribution in [3.63, 3.8) is 0 Å². The van der Waals surface area contributed by atoms with E-state index in [0.717, 1.165) is 0 Å². The average molecular weight is 322 g/mol. The van der Waals surface area contributed by atoms with Crippen molar-refractivity contribution in [2.45, 2.75) is 6.61 Å². The number of H-pyrrole nitrogens is 1. The molecule has 0 atom stereocenters. The monoisotopic (exact) mass is 322 g/mol. The van der Waals surface area contributed by atoms with Crippen LogP contribution in [0.15, 0.2) is 29.5 Å². The van der Waals surface area contributed by atoms with Gasteiger partial charge in [0, 0.05) is 19.5 Å². The van der Waals surface area contributed by atoms with E-state index in [2.05, 4.69) is 25.3 Å². The molecule has 0 aliphatic rings. The number of pyridine rings is 1. The van der Waals surface area contributed by atoms with Gasteiger partial charge >= 0.3 is 0 Å². The molecule has 118 valence electrons. The summed E-state index contributed by atoms with van der Waals surface area (Å²) in [7, 11) is 1.55. The number of rotatable bonds is 3. The molecule has 10 nitrogen and oxygen atoms in total. The highest BCUT2D eigenvalue weighted by Crippen LogP contribution is 2.13. The molecule has 0 saturated heterocycles. The molecular weight excluding hydrogens is 312 g/mol. The zero-order chi connectivity index (χ0) is 16.7. The summed E-state index contributed by atoms with van der Waals surface area (Å²) in [5, 5.41) is 20.2. The predicted molar refractivity (Wildman–Crippen MR) is 81.5 cm³/mol. The Balaban J connectivity index is 1.99. The number of nitriles is 1. The van der Waals surface area contributed by atoms with Crippen LogP contribution in [0.5, 0.6) is 0 Å². The Kier molecular flexibility index (Phi) is 3.07. The van der Waals surface area contributed by atoms with E-state index in [1.165, 1.54) is 21.5 Å². The molecule has 0 aliphatic carbocycles. The maximum Gasteiger partial charge on any atom is 0.267 e. The first-order chi connectivity index (χ1) is 11.7. The van der Waals surface area contributed by atoms with Crippen molar-refractivity contribution in [3.05, 3.63) is 46.4 Å². The third-order valence-corrected chi connectivity index (χ3v) is 3.53. The lowest BCUT2D eigenvalue weighted by atomic mass is 10.3. The summed E-state index contributed by atoms with van der Waals surface area (Å²) in [4.78, 5) is 21.1. The van der Waals surface area contributed by atoms with Gasteiger partial charge in [-0.1, -0.05) is 0 Å². The zero-order valence-electron chi connectivity index (χ0n) is 12.5. The third-order valence-electron chi connectivity index (χ3n) is 3.53. The smallest absolute Gasteiger partial charge is 0.267 e. The normalized spacial score (nSPS) is 11.2. The van der Waals surface area contributed by atoms with Gasteiger partial charge in [0.15, 0.2) is 11.6 Å². The highest BCUT2D eigenvalue weighted by atomic mass is 16.5. The largest absolute Gasteiger partial charge is 0.377 e. The van der Waals surface area contributed by atoms with Gasteiger partial charge in [-0.25, -0.2) is 4.98 Å². The molecule has 0 bridgehead atoms. The van der Waals surface area contributed by atoms with E-state index in [4.69, 9.17) is 10.00 Å². The van der Waals surface area contributed by atoms with E-state index in [9.17, 15) is 4.79 Å². The standard InChI is InChI=1S/C14H10N8O2/c1-24-7-11-18-14-16-6-9-10(22(14)20-11)2-3-21(13(9)23)12-8(4-15)5-17-19-12/h2-3,5-6H,7H2,1H3,(H,17,19). The number of nitrogens with one attached hydrogen (secondary N) is 1. The number of aromatic nitrogens is 7. The van der Waals surface area contributed by atoms with Crippen LogP contribution in [0.2, 0.25) is 0 Å². The van der Waals surface area contributed by atoms with Gasteiger partial charge in [0.2, 0.25) is 0 Å². The second-order valence-electron chi connectivity index (χ2n) is 4.96. The van der Waals surface area contributed by atoms with Gasteiger partial charge in [0.1, 0.15) is 18.2 Å². The highest BCUT2D eigenvalue weighted by molar-refractivity contribution is 5.79. The first-order valence-corrected chi connectivity index (χ1v) is 6.91. The highest BCUT2D eigenvalue weighted by Gasteiger charge is 2.14. The van der Waals surface area contributed by atoms with Gasteiger partial charge in [-0.05, 0) is 6.07 Å². The Hall–Kier alpha value is -3.58. The molecule has 0 spiro atoms. The fourth-order valence-corrected chi connectivity index (χ4v) is 2.47. The number of methoxy groups -OCH3 is 1. The van der Waals surface area contributed by atoms with Crippen molar-refractivity contribution in [2.75, 3.05) is 7.11 Å². The van der Waals surface area contributed by atoms with E-state index < -0.39 is 0 Å². The molecule has 0 fully saturated rings. The van der Waals surface area contributed by atoms with Gasteiger partial charge in [0.05, 0.1) is 17.1 Å². The summed E-state index contributed by atoms with van der Waals surface area (Å²) in [5.41, 5.74) is 0.495. The molecule has 0 saturated carbocycles. The van der Waals surface area contributed by atoms with E-state index in [1.807, 2.05) is 6.07 Å². The van der Waals surface area contributed by atoms with Crippen LogP contribution in [0, 0.1) is 11.3 Å². The molecule has 4 rings (SSSR count).